The SMILES string of the molecule is O=S(=O)(c1ccc(Cl)cc1)N1NC(c2ccc(Br)cc2)=C[C@H]1c1ccco1. The van der Waals surface area contributed by atoms with Crippen molar-refractivity contribution in [1.82, 2.24) is 9.84 Å². The summed E-state index contributed by atoms with van der Waals surface area (Å²) in [5.41, 5.74) is 4.56. The van der Waals surface area contributed by atoms with Gasteiger partial charge in [-0.15, -0.1) is 0 Å². The molecule has 0 amide bonds. The molecule has 27 heavy (non-hydrogen) atoms. The second-order valence-electron chi connectivity index (χ2n) is 5.91. The predicted octanol–water partition coefficient (Wildman–Crippen LogP) is 4.99. The Kier molecular flexibility index (Phi) is 4.86. The van der Waals surface area contributed by atoms with Gasteiger partial charge >= 0.3 is 0 Å². The fourth-order valence-corrected chi connectivity index (χ4v) is 4.61. The van der Waals surface area contributed by atoms with Crippen LogP contribution in [0.5, 0.6) is 0 Å². The zero-order chi connectivity index (χ0) is 19.0. The molecule has 5 nitrogen and oxygen atoms in total. The lowest BCUT2D eigenvalue weighted by Gasteiger charge is -2.23. The fourth-order valence-electron chi connectivity index (χ4n) is 2.83. The van der Waals surface area contributed by atoms with E-state index in [1.807, 2.05) is 30.3 Å². The molecule has 3 aromatic rings. The molecule has 8 heteroatoms. The van der Waals surface area contributed by atoms with Crippen molar-refractivity contribution in [3.8, 4) is 0 Å². The van der Waals surface area contributed by atoms with Crippen molar-refractivity contribution < 1.29 is 12.8 Å². The minimum absolute atomic E-state index is 0.140. The van der Waals surface area contributed by atoms with Crippen LogP contribution >= 0.6 is 27.5 Å². The van der Waals surface area contributed by atoms with E-state index in [1.54, 1.807) is 24.3 Å². The number of furan rings is 1. The van der Waals surface area contributed by atoms with Crippen LogP contribution in [-0.2, 0) is 10.0 Å². The predicted molar refractivity (Wildman–Crippen MR) is 107 cm³/mol. The molecule has 1 aliphatic rings. The van der Waals surface area contributed by atoms with Gasteiger partial charge in [-0.05, 0) is 60.2 Å². The molecule has 0 unspecified atom stereocenters. The van der Waals surface area contributed by atoms with Crippen LogP contribution in [0.2, 0.25) is 5.02 Å². The lowest BCUT2D eigenvalue weighted by molar-refractivity contribution is 0.310. The molecule has 1 N–H and O–H groups in total. The Morgan fingerprint density at radius 2 is 1.74 bits per heavy atom. The third-order valence-corrected chi connectivity index (χ3v) is 6.65. The summed E-state index contributed by atoms with van der Waals surface area (Å²) in [7, 11) is -3.84. The van der Waals surface area contributed by atoms with Crippen molar-refractivity contribution in [2.45, 2.75) is 10.9 Å². The second-order valence-corrected chi connectivity index (χ2v) is 9.08. The van der Waals surface area contributed by atoms with Gasteiger partial charge in [-0.2, -0.15) is 0 Å². The van der Waals surface area contributed by atoms with Crippen molar-refractivity contribution in [3.63, 3.8) is 0 Å². The highest BCUT2D eigenvalue weighted by Crippen LogP contribution is 2.36. The zero-order valence-electron chi connectivity index (χ0n) is 13.8. The van der Waals surface area contributed by atoms with E-state index in [0.29, 0.717) is 16.5 Å². The maximum absolute atomic E-state index is 13.2. The second kappa shape index (κ2) is 7.16. The molecule has 0 aliphatic carbocycles. The number of benzene rings is 2. The first-order chi connectivity index (χ1) is 12.9. The summed E-state index contributed by atoms with van der Waals surface area (Å²) in [6, 6.07) is 16.5. The van der Waals surface area contributed by atoms with Gasteiger partial charge in [0.2, 0.25) is 0 Å². The summed E-state index contributed by atoms with van der Waals surface area (Å²) < 4.78 is 34.1. The Hall–Kier alpha value is -2.06. The summed E-state index contributed by atoms with van der Waals surface area (Å²) in [5, 5.41) is 0.472. The Morgan fingerprint density at radius 3 is 2.37 bits per heavy atom. The number of nitrogens with zero attached hydrogens (tertiary/aromatic N) is 1. The first-order valence-corrected chi connectivity index (χ1v) is 10.6. The smallest absolute Gasteiger partial charge is 0.260 e. The van der Waals surface area contributed by atoms with Gasteiger partial charge in [-0.1, -0.05) is 44.1 Å². The van der Waals surface area contributed by atoms with Crippen molar-refractivity contribution in [2.75, 3.05) is 0 Å². The highest BCUT2D eigenvalue weighted by atomic mass is 79.9. The molecule has 0 fully saturated rings. The maximum atomic E-state index is 13.2. The van der Waals surface area contributed by atoms with E-state index in [4.69, 9.17) is 16.0 Å². The molecule has 1 atom stereocenters. The van der Waals surface area contributed by atoms with Crippen LogP contribution in [0, 0.1) is 0 Å². The van der Waals surface area contributed by atoms with Crippen molar-refractivity contribution in [1.29, 1.82) is 0 Å². The van der Waals surface area contributed by atoms with Gasteiger partial charge in [-0.25, -0.2) is 8.42 Å². The Bertz CT molecular complexity index is 1080. The van der Waals surface area contributed by atoms with Crippen LogP contribution in [0.15, 0.2) is 86.8 Å². The first-order valence-electron chi connectivity index (χ1n) is 8.03. The normalized spacial score (nSPS) is 17.6. The molecule has 0 saturated carbocycles. The number of hydrogen-bond donors (Lipinski definition) is 1. The van der Waals surface area contributed by atoms with Gasteiger partial charge in [-0.3, -0.25) is 0 Å². The van der Waals surface area contributed by atoms with E-state index in [9.17, 15) is 8.42 Å². The standard InChI is InChI=1S/C19H14BrClN2O3S/c20-14-5-3-13(4-6-14)17-12-18(19-2-1-11-26-19)23(22-17)27(24,25)16-9-7-15(21)8-10-16/h1-12,18,22H/t18-/m0/s1. The number of hydrogen-bond acceptors (Lipinski definition) is 4. The van der Waals surface area contributed by atoms with Crippen molar-refractivity contribution >= 4 is 43.3 Å². The number of halogens is 2. The van der Waals surface area contributed by atoms with Gasteiger partial charge in [0.25, 0.3) is 10.0 Å². The van der Waals surface area contributed by atoms with Gasteiger partial charge < -0.3 is 9.84 Å². The Labute approximate surface area is 170 Å². The highest BCUT2D eigenvalue weighted by Gasteiger charge is 2.38. The van der Waals surface area contributed by atoms with E-state index in [1.165, 1.54) is 22.8 Å². The summed E-state index contributed by atoms with van der Waals surface area (Å²) in [4.78, 5) is 0.140. The highest BCUT2D eigenvalue weighted by molar-refractivity contribution is 9.10. The topological polar surface area (TPSA) is 62.6 Å². The molecule has 1 aromatic heterocycles. The summed E-state index contributed by atoms with van der Waals surface area (Å²) in [6.45, 7) is 0. The molecular weight excluding hydrogens is 452 g/mol. The van der Waals surface area contributed by atoms with Gasteiger partial charge in [0, 0.05) is 9.50 Å². The lowest BCUT2D eigenvalue weighted by atomic mass is 10.1. The number of sulfonamides is 1. The molecule has 0 radical (unpaired) electrons. The van der Waals surface area contributed by atoms with E-state index in [2.05, 4.69) is 21.4 Å². The van der Waals surface area contributed by atoms with Gasteiger partial charge in [0.15, 0.2) is 0 Å². The first kappa shape index (κ1) is 18.3. The monoisotopic (exact) mass is 464 g/mol. The molecule has 2 aromatic carbocycles. The van der Waals surface area contributed by atoms with E-state index in [0.717, 1.165) is 10.0 Å². The third-order valence-electron chi connectivity index (χ3n) is 4.17. The average molecular weight is 466 g/mol. The number of hydrazine groups is 1. The van der Waals surface area contributed by atoms with Crippen LogP contribution in [0.1, 0.15) is 17.4 Å². The van der Waals surface area contributed by atoms with Crippen LogP contribution in [0.4, 0.5) is 0 Å². The zero-order valence-corrected chi connectivity index (χ0v) is 17.0. The summed E-state index contributed by atoms with van der Waals surface area (Å²) in [6.07, 6.45) is 3.35. The molecule has 0 saturated heterocycles. The molecule has 0 spiro atoms. The molecule has 0 bridgehead atoms. The minimum atomic E-state index is -3.84. The summed E-state index contributed by atoms with van der Waals surface area (Å²) in [5.74, 6) is 0.521. The average Bonchev–Trinajstić information content (AvgIpc) is 3.32. The van der Waals surface area contributed by atoms with Gasteiger partial charge in [0.05, 0.1) is 16.9 Å². The Morgan fingerprint density at radius 1 is 1.04 bits per heavy atom. The van der Waals surface area contributed by atoms with E-state index >= 15 is 0 Å². The van der Waals surface area contributed by atoms with Crippen LogP contribution in [0.3, 0.4) is 0 Å². The lowest BCUT2D eigenvalue weighted by Crippen LogP contribution is -2.39. The van der Waals surface area contributed by atoms with Crippen LogP contribution in [-0.4, -0.2) is 12.8 Å². The van der Waals surface area contributed by atoms with Crippen molar-refractivity contribution in [2.24, 2.45) is 0 Å². The van der Waals surface area contributed by atoms with Crippen LogP contribution in [0.25, 0.3) is 5.70 Å². The molecule has 138 valence electrons. The molecular formula is C19H14BrClN2O3S. The van der Waals surface area contributed by atoms with Crippen LogP contribution < -0.4 is 5.43 Å². The number of rotatable bonds is 4. The van der Waals surface area contributed by atoms with Crippen molar-refractivity contribution in [3.05, 3.63) is 93.8 Å². The molecule has 1 aliphatic heterocycles. The maximum Gasteiger partial charge on any atom is 0.260 e. The fraction of sp³-hybridized carbons (Fsp3) is 0.0526. The Balaban J connectivity index is 1.75. The molecule has 4 rings (SSSR count). The summed E-state index contributed by atoms with van der Waals surface area (Å²) >= 11 is 9.30. The molecule has 2 heterocycles. The largest absolute Gasteiger partial charge is 0.467 e. The quantitative estimate of drug-likeness (QED) is 0.590. The van der Waals surface area contributed by atoms with E-state index < -0.39 is 16.1 Å². The van der Waals surface area contributed by atoms with E-state index in [-0.39, 0.29) is 4.90 Å². The van der Waals surface area contributed by atoms with Gasteiger partial charge in [0.1, 0.15) is 11.8 Å². The third kappa shape index (κ3) is 3.55. The number of nitrogens with one attached hydrogen (secondary N) is 1. The minimum Gasteiger partial charge on any atom is -0.467 e.